The average molecular weight is 261 g/mol. The fourth-order valence-electron chi connectivity index (χ4n) is 2.05. The van der Waals surface area contributed by atoms with Crippen molar-refractivity contribution in [3.8, 4) is 0 Å². The lowest BCUT2D eigenvalue weighted by molar-refractivity contribution is -0.121. The van der Waals surface area contributed by atoms with Gasteiger partial charge in [0.15, 0.2) is 0 Å². The number of nitrogens with one attached hydrogen (secondary N) is 1. The Balaban J connectivity index is 1.84. The molecule has 0 heterocycles. The molecule has 1 aromatic rings. The Labute approximate surface area is 115 Å². The highest BCUT2D eigenvalue weighted by Crippen LogP contribution is 2.19. The maximum Gasteiger partial charge on any atom is 0.221 e. The van der Waals surface area contributed by atoms with Crippen molar-refractivity contribution in [1.29, 1.82) is 0 Å². The summed E-state index contributed by atoms with van der Waals surface area (Å²) in [5, 5.41) is 3.03. The van der Waals surface area contributed by atoms with Gasteiger partial charge in [-0.1, -0.05) is 18.2 Å². The monoisotopic (exact) mass is 261 g/mol. The number of anilines is 1. The SMILES string of the molecule is NCCCN(CCC(=O)NC1CC1)c1ccccc1. The predicted octanol–water partition coefficient (Wildman–Crippen LogP) is 1.51. The van der Waals surface area contributed by atoms with Gasteiger partial charge in [-0.2, -0.15) is 0 Å². The number of para-hydroxylation sites is 1. The van der Waals surface area contributed by atoms with Crippen LogP contribution in [-0.4, -0.2) is 31.6 Å². The first-order chi connectivity index (χ1) is 9.29. The van der Waals surface area contributed by atoms with Gasteiger partial charge in [-0.15, -0.1) is 0 Å². The number of benzene rings is 1. The van der Waals surface area contributed by atoms with E-state index in [1.807, 2.05) is 18.2 Å². The molecule has 0 saturated heterocycles. The van der Waals surface area contributed by atoms with Crippen LogP contribution in [0.15, 0.2) is 30.3 Å². The molecule has 1 fully saturated rings. The van der Waals surface area contributed by atoms with Gasteiger partial charge in [-0.25, -0.2) is 0 Å². The molecule has 1 aliphatic carbocycles. The summed E-state index contributed by atoms with van der Waals surface area (Å²) in [5.41, 5.74) is 6.74. The van der Waals surface area contributed by atoms with Gasteiger partial charge in [-0.05, 0) is 37.9 Å². The third kappa shape index (κ3) is 4.91. The lowest BCUT2D eigenvalue weighted by Gasteiger charge is -2.24. The normalized spacial score (nSPS) is 14.2. The largest absolute Gasteiger partial charge is 0.371 e. The lowest BCUT2D eigenvalue weighted by atomic mass is 10.2. The van der Waals surface area contributed by atoms with Crippen LogP contribution >= 0.6 is 0 Å². The molecule has 3 N–H and O–H groups in total. The average Bonchev–Trinajstić information content (AvgIpc) is 3.24. The van der Waals surface area contributed by atoms with Gasteiger partial charge in [0.2, 0.25) is 5.91 Å². The molecule has 0 aliphatic heterocycles. The van der Waals surface area contributed by atoms with E-state index in [-0.39, 0.29) is 5.91 Å². The second-order valence-electron chi connectivity index (χ2n) is 5.06. The van der Waals surface area contributed by atoms with E-state index in [9.17, 15) is 4.79 Å². The predicted molar refractivity (Wildman–Crippen MR) is 78.1 cm³/mol. The van der Waals surface area contributed by atoms with E-state index in [1.165, 1.54) is 0 Å². The Hall–Kier alpha value is -1.55. The molecule has 1 saturated carbocycles. The van der Waals surface area contributed by atoms with Crippen LogP contribution < -0.4 is 16.0 Å². The molecular formula is C15H23N3O. The molecule has 1 amide bonds. The highest BCUT2D eigenvalue weighted by molar-refractivity contribution is 5.77. The van der Waals surface area contributed by atoms with Crippen molar-refractivity contribution in [3.05, 3.63) is 30.3 Å². The Morgan fingerprint density at radius 2 is 2.00 bits per heavy atom. The van der Waals surface area contributed by atoms with Crippen molar-refractivity contribution in [1.82, 2.24) is 5.32 Å². The second-order valence-corrected chi connectivity index (χ2v) is 5.06. The van der Waals surface area contributed by atoms with Crippen molar-refractivity contribution >= 4 is 11.6 Å². The molecule has 104 valence electrons. The number of hydrogen-bond acceptors (Lipinski definition) is 3. The molecule has 1 aliphatic rings. The molecule has 0 aromatic heterocycles. The molecule has 1 aromatic carbocycles. The van der Waals surface area contributed by atoms with Gasteiger partial charge in [0, 0.05) is 31.2 Å². The zero-order chi connectivity index (χ0) is 13.5. The molecule has 0 bridgehead atoms. The van der Waals surface area contributed by atoms with Crippen molar-refractivity contribution in [2.45, 2.75) is 31.7 Å². The summed E-state index contributed by atoms with van der Waals surface area (Å²) in [4.78, 5) is 14.0. The molecule has 2 rings (SSSR count). The molecular weight excluding hydrogens is 238 g/mol. The summed E-state index contributed by atoms with van der Waals surface area (Å²) in [7, 11) is 0. The van der Waals surface area contributed by atoms with E-state index >= 15 is 0 Å². The summed E-state index contributed by atoms with van der Waals surface area (Å²) in [6.45, 7) is 2.33. The number of amides is 1. The van der Waals surface area contributed by atoms with Crippen molar-refractivity contribution < 1.29 is 4.79 Å². The van der Waals surface area contributed by atoms with E-state index in [4.69, 9.17) is 5.73 Å². The Morgan fingerprint density at radius 3 is 2.63 bits per heavy atom. The minimum absolute atomic E-state index is 0.163. The number of nitrogens with zero attached hydrogens (tertiary/aromatic N) is 1. The molecule has 0 atom stereocenters. The third-order valence-electron chi connectivity index (χ3n) is 3.30. The smallest absolute Gasteiger partial charge is 0.221 e. The van der Waals surface area contributed by atoms with E-state index in [0.29, 0.717) is 19.0 Å². The van der Waals surface area contributed by atoms with E-state index in [0.717, 1.165) is 38.0 Å². The Bertz CT molecular complexity index is 390. The molecule has 0 spiro atoms. The van der Waals surface area contributed by atoms with E-state index < -0.39 is 0 Å². The zero-order valence-corrected chi connectivity index (χ0v) is 11.3. The standard InChI is InChI=1S/C15H23N3O/c16-10-4-11-18(14-5-2-1-3-6-14)12-9-15(19)17-13-7-8-13/h1-3,5-6,13H,4,7-12,16H2,(H,17,19). The van der Waals surface area contributed by atoms with Crippen molar-refractivity contribution in [2.24, 2.45) is 5.73 Å². The fraction of sp³-hybridized carbons (Fsp3) is 0.533. The van der Waals surface area contributed by atoms with E-state index in [1.54, 1.807) is 0 Å². The van der Waals surface area contributed by atoms with Gasteiger partial charge < -0.3 is 16.0 Å². The molecule has 0 unspecified atom stereocenters. The van der Waals surface area contributed by atoms with Gasteiger partial charge in [-0.3, -0.25) is 4.79 Å². The van der Waals surface area contributed by atoms with Gasteiger partial charge in [0.1, 0.15) is 0 Å². The fourth-order valence-corrected chi connectivity index (χ4v) is 2.05. The zero-order valence-electron chi connectivity index (χ0n) is 11.3. The summed E-state index contributed by atoms with van der Waals surface area (Å²) >= 11 is 0. The van der Waals surface area contributed by atoms with Crippen molar-refractivity contribution in [3.63, 3.8) is 0 Å². The first-order valence-electron chi connectivity index (χ1n) is 7.09. The minimum Gasteiger partial charge on any atom is -0.371 e. The van der Waals surface area contributed by atoms with Crippen LogP contribution in [0.2, 0.25) is 0 Å². The number of rotatable bonds is 8. The van der Waals surface area contributed by atoms with Gasteiger partial charge in [0.05, 0.1) is 0 Å². The van der Waals surface area contributed by atoms with Crippen LogP contribution in [0.1, 0.15) is 25.7 Å². The van der Waals surface area contributed by atoms with Crippen LogP contribution in [0, 0.1) is 0 Å². The number of carbonyl (C=O) groups is 1. The van der Waals surface area contributed by atoms with Crippen LogP contribution in [0.5, 0.6) is 0 Å². The summed E-state index contributed by atoms with van der Waals surface area (Å²) in [6.07, 6.45) is 3.78. The topological polar surface area (TPSA) is 58.4 Å². The van der Waals surface area contributed by atoms with Crippen LogP contribution in [0.4, 0.5) is 5.69 Å². The van der Waals surface area contributed by atoms with Gasteiger partial charge in [0.25, 0.3) is 0 Å². The first-order valence-corrected chi connectivity index (χ1v) is 7.09. The number of hydrogen-bond donors (Lipinski definition) is 2. The number of carbonyl (C=O) groups excluding carboxylic acids is 1. The number of nitrogens with two attached hydrogens (primary N) is 1. The highest BCUT2D eigenvalue weighted by Gasteiger charge is 2.23. The quantitative estimate of drug-likeness (QED) is 0.746. The maximum atomic E-state index is 11.7. The summed E-state index contributed by atoms with van der Waals surface area (Å²) in [6, 6.07) is 10.7. The third-order valence-corrected chi connectivity index (χ3v) is 3.30. The summed E-state index contributed by atoms with van der Waals surface area (Å²) < 4.78 is 0. The molecule has 19 heavy (non-hydrogen) atoms. The molecule has 4 nitrogen and oxygen atoms in total. The van der Waals surface area contributed by atoms with Gasteiger partial charge >= 0.3 is 0 Å². The summed E-state index contributed by atoms with van der Waals surface area (Å²) in [5.74, 6) is 0.163. The highest BCUT2D eigenvalue weighted by atomic mass is 16.1. The lowest BCUT2D eigenvalue weighted by Crippen LogP contribution is -2.33. The minimum atomic E-state index is 0.163. The Morgan fingerprint density at radius 1 is 1.26 bits per heavy atom. The Kier molecular flexibility index (Phi) is 5.21. The van der Waals surface area contributed by atoms with Crippen LogP contribution in [0.25, 0.3) is 0 Å². The second kappa shape index (κ2) is 7.14. The maximum absolute atomic E-state index is 11.7. The van der Waals surface area contributed by atoms with Crippen LogP contribution in [0.3, 0.4) is 0 Å². The molecule has 4 heteroatoms. The van der Waals surface area contributed by atoms with Crippen LogP contribution in [-0.2, 0) is 4.79 Å². The first kappa shape index (κ1) is 13.9. The van der Waals surface area contributed by atoms with E-state index in [2.05, 4.69) is 22.3 Å². The molecule has 0 radical (unpaired) electrons. The van der Waals surface area contributed by atoms with Crippen molar-refractivity contribution in [2.75, 3.05) is 24.5 Å².